The third-order valence-corrected chi connectivity index (χ3v) is 4.23. The Hall–Kier alpha value is -3.43. The molecule has 3 rings (SSSR count). The van der Waals surface area contributed by atoms with Crippen molar-refractivity contribution in [2.24, 2.45) is 7.05 Å². The van der Waals surface area contributed by atoms with Crippen LogP contribution in [0.2, 0.25) is 0 Å². The fourth-order valence-electron chi connectivity index (χ4n) is 2.92. The molecule has 1 N–H and O–H groups in total. The molecule has 0 bridgehead atoms. The molecule has 2 amide bonds. The number of nitrogens with zero attached hydrogens (tertiary/aromatic N) is 5. The molecule has 0 saturated carbocycles. The lowest BCUT2D eigenvalue weighted by Crippen LogP contribution is -2.50. The van der Waals surface area contributed by atoms with Gasteiger partial charge in [-0.3, -0.25) is 24.4 Å². The minimum atomic E-state index is -0.542. The van der Waals surface area contributed by atoms with Crippen molar-refractivity contribution in [1.29, 1.82) is 0 Å². The fourth-order valence-corrected chi connectivity index (χ4v) is 2.92. The van der Waals surface area contributed by atoms with Gasteiger partial charge in [-0.05, 0) is 12.1 Å². The maximum Gasteiger partial charge on any atom is 0.293 e. The third kappa shape index (κ3) is 3.21. The van der Waals surface area contributed by atoms with E-state index in [1.807, 2.05) is 0 Å². The van der Waals surface area contributed by atoms with E-state index < -0.39 is 10.8 Å². The van der Waals surface area contributed by atoms with Crippen molar-refractivity contribution in [2.45, 2.75) is 0 Å². The topological polar surface area (TPSA) is 114 Å². The second-order valence-corrected chi connectivity index (χ2v) is 5.88. The number of hydrogen-bond donors (Lipinski definition) is 1. The molecule has 1 fully saturated rings. The highest BCUT2D eigenvalue weighted by molar-refractivity contribution is 5.99. The number of amides is 2. The van der Waals surface area contributed by atoms with Gasteiger partial charge in [0, 0.05) is 45.0 Å². The van der Waals surface area contributed by atoms with Gasteiger partial charge in [0.25, 0.3) is 11.6 Å². The Morgan fingerprint density at radius 3 is 2.69 bits per heavy atom. The Bertz CT molecular complexity index is 877. The quantitative estimate of drug-likeness (QED) is 0.630. The Balaban J connectivity index is 1.85. The first-order valence-electron chi connectivity index (χ1n) is 7.95. The monoisotopic (exact) mass is 358 g/mol. The first kappa shape index (κ1) is 17.4. The fraction of sp³-hybridized carbons (Fsp3) is 0.312. The number of nitro benzene ring substituents is 1. The Morgan fingerprint density at radius 1 is 1.35 bits per heavy atom. The Morgan fingerprint density at radius 2 is 2.12 bits per heavy atom. The Labute approximate surface area is 149 Å². The standard InChI is InChI=1S/C16H18N6O4/c1-17-16(24)11-3-4-13(14(7-11)22(25)26)20-5-6-21(15(23)10-20)12-8-18-19(2)9-12/h3-4,7-9H,5-6,10H2,1-2H3,(H,17,24). The van der Waals surface area contributed by atoms with Gasteiger partial charge in [-0.2, -0.15) is 5.10 Å². The van der Waals surface area contributed by atoms with Crippen LogP contribution in [0, 0.1) is 10.1 Å². The molecule has 26 heavy (non-hydrogen) atoms. The number of carbonyl (C=O) groups is 2. The van der Waals surface area contributed by atoms with E-state index in [9.17, 15) is 19.7 Å². The smallest absolute Gasteiger partial charge is 0.293 e. The summed E-state index contributed by atoms with van der Waals surface area (Å²) in [5, 5.41) is 17.9. The molecule has 2 aromatic rings. The number of hydrogen-bond acceptors (Lipinski definition) is 6. The number of carbonyl (C=O) groups excluding carboxylic acids is 2. The van der Waals surface area contributed by atoms with Gasteiger partial charge < -0.3 is 15.1 Å². The van der Waals surface area contributed by atoms with Gasteiger partial charge in [0.15, 0.2) is 0 Å². The zero-order valence-electron chi connectivity index (χ0n) is 14.4. The summed E-state index contributed by atoms with van der Waals surface area (Å²) in [4.78, 5) is 38.4. The molecule has 1 aromatic heterocycles. The van der Waals surface area contributed by atoms with Crippen LogP contribution in [0.5, 0.6) is 0 Å². The third-order valence-electron chi connectivity index (χ3n) is 4.23. The SMILES string of the molecule is CNC(=O)c1ccc(N2CCN(c3cnn(C)c3)C(=O)C2)c([N+](=O)[O-])c1. The van der Waals surface area contributed by atoms with E-state index in [-0.39, 0.29) is 23.7 Å². The lowest BCUT2D eigenvalue weighted by atomic mass is 10.1. The van der Waals surface area contributed by atoms with E-state index in [1.54, 1.807) is 33.9 Å². The normalized spacial score (nSPS) is 14.5. The van der Waals surface area contributed by atoms with Crippen molar-refractivity contribution in [3.63, 3.8) is 0 Å². The van der Waals surface area contributed by atoms with E-state index in [2.05, 4.69) is 10.4 Å². The zero-order valence-corrected chi connectivity index (χ0v) is 14.4. The van der Waals surface area contributed by atoms with Crippen LogP contribution in [-0.4, -0.2) is 53.2 Å². The summed E-state index contributed by atoms with van der Waals surface area (Å²) in [5.41, 5.74) is 1.01. The van der Waals surface area contributed by atoms with Gasteiger partial charge in [-0.15, -0.1) is 0 Å². The summed E-state index contributed by atoms with van der Waals surface area (Å²) < 4.78 is 1.61. The molecule has 136 valence electrons. The van der Waals surface area contributed by atoms with Crippen molar-refractivity contribution < 1.29 is 14.5 Å². The molecule has 0 unspecified atom stereocenters. The number of aryl methyl sites for hydroxylation is 1. The van der Waals surface area contributed by atoms with E-state index in [1.165, 1.54) is 25.2 Å². The van der Waals surface area contributed by atoms with Crippen LogP contribution >= 0.6 is 0 Å². The van der Waals surface area contributed by atoms with E-state index in [0.717, 1.165) is 0 Å². The number of anilines is 2. The Kier molecular flexibility index (Phi) is 4.57. The number of aromatic nitrogens is 2. The number of nitrogens with one attached hydrogen (secondary N) is 1. The summed E-state index contributed by atoms with van der Waals surface area (Å²) >= 11 is 0. The highest BCUT2D eigenvalue weighted by atomic mass is 16.6. The van der Waals surface area contributed by atoms with Crippen molar-refractivity contribution in [3.8, 4) is 0 Å². The molecular weight excluding hydrogens is 340 g/mol. The van der Waals surface area contributed by atoms with Crippen LogP contribution in [0.4, 0.5) is 17.1 Å². The molecule has 2 heterocycles. The number of piperazine rings is 1. The molecule has 10 nitrogen and oxygen atoms in total. The summed E-state index contributed by atoms with van der Waals surface area (Å²) in [6, 6.07) is 4.25. The van der Waals surface area contributed by atoms with Gasteiger partial charge in [-0.1, -0.05) is 0 Å². The summed E-state index contributed by atoms with van der Waals surface area (Å²) in [7, 11) is 3.22. The predicted octanol–water partition coefficient (Wildman–Crippen LogP) is 0.541. The maximum atomic E-state index is 12.5. The molecule has 1 aliphatic heterocycles. The minimum Gasteiger partial charge on any atom is -0.355 e. The molecule has 1 aliphatic rings. The summed E-state index contributed by atoms with van der Waals surface area (Å²) in [6.07, 6.45) is 3.35. The molecule has 1 aromatic carbocycles. The number of rotatable bonds is 4. The van der Waals surface area contributed by atoms with Crippen LogP contribution < -0.4 is 15.1 Å². The highest BCUT2D eigenvalue weighted by Crippen LogP contribution is 2.31. The lowest BCUT2D eigenvalue weighted by molar-refractivity contribution is -0.384. The average Bonchev–Trinajstić information content (AvgIpc) is 3.06. The highest BCUT2D eigenvalue weighted by Gasteiger charge is 2.30. The van der Waals surface area contributed by atoms with Gasteiger partial charge >= 0.3 is 0 Å². The molecular formula is C16H18N6O4. The second kappa shape index (κ2) is 6.82. The molecule has 0 radical (unpaired) electrons. The number of benzene rings is 1. The van der Waals surface area contributed by atoms with Gasteiger partial charge in [0.1, 0.15) is 5.69 Å². The van der Waals surface area contributed by atoms with E-state index in [4.69, 9.17) is 0 Å². The van der Waals surface area contributed by atoms with Crippen LogP contribution in [0.3, 0.4) is 0 Å². The van der Waals surface area contributed by atoms with Crippen molar-refractivity contribution >= 4 is 28.9 Å². The molecule has 0 aliphatic carbocycles. The maximum absolute atomic E-state index is 12.5. The summed E-state index contributed by atoms with van der Waals surface area (Å²) in [5.74, 6) is -0.578. The predicted molar refractivity (Wildman–Crippen MR) is 94.3 cm³/mol. The second-order valence-electron chi connectivity index (χ2n) is 5.88. The van der Waals surface area contributed by atoms with Gasteiger partial charge in [-0.25, -0.2) is 0 Å². The lowest BCUT2D eigenvalue weighted by Gasteiger charge is -2.34. The van der Waals surface area contributed by atoms with Gasteiger partial charge in [0.2, 0.25) is 5.91 Å². The molecule has 1 saturated heterocycles. The largest absolute Gasteiger partial charge is 0.355 e. The molecule has 0 atom stereocenters. The average molecular weight is 358 g/mol. The minimum absolute atomic E-state index is 0.00898. The first-order valence-corrected chi connectivity index (χ1v) is 7.95. The summed E-state index contributed by atoms with van der Waals surface area (Å²) in [6.45, 7) is 0.828. The van der Waals surface area contributed by atoms with Crippen LogP contribution in [0.25, 0.3) is 0 Å². The first-order chi connectivity index (χ1) is 12.4. The molecule has 0 spiro atoms. The van der Waals surface area contributed by atoms with Crippen molar-refractivity contribution in [2.75, 3.05) is 36.5 Å². The van der Waals surface area contributed by atoms with Crippen molar-refractivity contribution in [1.82, 2.24) is 15.1 Å². The van der Waals surface area contributed by atoms with Crippen molar-refractivity contribution in [3.05, 3.63) is 46.3 Å². The van der Waals surface area contributed by atoms with Crippen LogP contribution in [0.15, 0.2) is 30.6 Å². The van der Waals surface area contributed by atoms with Crippen LogP contribution in [-0.2, 0) is 11.8 Å². The van der Waals surface area contributed by atoms with Crippen LogP contribution in [0.1, 0.15) is 10.4 Å². The van der Waals surface area contributed by atoms with E-state index in [0.29, 0.717) is 24.5 Å². The zero-order chi connectivity index (χ0) is 18.8. The molecule has 10 heteroatoms. The van der Waals surface area contributed by atoms with E-state index >= 15 is 0 Å². The number of nitro groups is 1. The van der Waals surface area contributed by atoms with Gasteiger partial charge in [0.05, 0.1) is 23.4 Å².